The molecule has 6 aromatic rings. The van der Waals surface area contributed by atoms with Gasteiger partial charge in [-0.25, -0.2) is 34.7 Å². The fourth-order valence-corrected chi connectivity index (χ4v) is 8.88. The summed E-state index contributed by atoms with van der Waals surface area (Å²) < 4.78 is 99.8. The lowest BCUT2D eigenvalue weighted by Crippen LogP contribution is -2.48. The molecule has 0 saturated carbocycles. The van der Waals surface area contributed by atoms with Crippen molar-refractivity contribution in [3.05, 3.63) is 96.6 Å². The number of nitrogens with zero attached hydrogens (tertiary/aromatic N) is 11. The summed E-state index contributed by atoms with van der Waals surface area (Å²) >= 11 is 0. The van der Waals surface area contributed by atoms with Gasteiger partial charge in [-0.2, -0.15) is 90.3 Å². The largest absolute Gasteiger partial charge is 0.458 e. The molecule has 19 nitrogen and oxygen atoms in total. The van der Waals surface area contributed by atoms with Crippen molar-refractivity contribution in [2.45, 2.75) is 62.3 Å². The Labute approximate surface area is 459 Å². The van der Waals surface area contributed by atoms with E-state index in [4.69, 9.17) is 24.7 Å². The smallest absolute Gasteiger partial charge is 0.416 e. The van der Waals surface area contributed by atoms with Crippen molar-refractivity contribution in [3.63, 3.8) is 0 Å². The number of fused-ring (bicyclic) bond motifs is 8. The first-order chi connectivity index (χ1) is 34.7. The summed E-state index contributed by atoms with van der Waals surface area (Å²) in [6, 6.07) is 13.3. The number of rotatable bonds is 7. The number of nitrogen functional groups attached to an aromatic ring is 1. The van der Waals surface area contributed by atoms with E-state index in [9.17, 15) is 31.1 Å². The third-order valence-electron chi connectivity index (χ3n) is 12.4. The third kappa shape index (κ3) is 13.8. The summed E-state index contributed by atoms with van der Waals surface area (Å²) in [5.74, 6) is 2.12. The lowest BCUT2D eigenvalue weighted by Gasteiger charge is -2.35. The first-order valence-corrected chi connectivity index (χ1v) is 23.1. The summed E-state index contributed by atoms with van der Waals surface area (Å²) in [6.07, 6.45) is 0.742. The molecule has 4 fully saturated rings. The number of anilines is 6. The van der Waals surface area contributed by atoms with Crippen LogP contribution >= 0.6 is 54.0 Å². The zero-order valence-electron chi connectivity index (χ0n) is 40.2. The van der Waals surface area contributed by atoms with Gasteiger partial charge in [-0.3, -0.25) is 10.2 Å². The second kappa shape index (κ2) is 25.3. The Morgan fingerprint density at radius 3 is 1.83 bits per heavy atom. The van der Waals surface area contributed by atoms with Crippen molar-refractivity contribution in [1.29, 1.82) is 0 Å². The molecule has 4 bridgehead atoms. The number of nitrogens with one attached hydrogen (secondary N) is 2. The van der Waals surface area contributed by atoms with E-state index in [1.807, 2.05) is 0 Å². The maximum absolute atomic E-state index is 13.5. The van der Waals surface area contributed by atoms with Crippen LogP contribution in [0.3, 0.4) is 0 Å². The molecule has 408 valence electrons. The van der Waals surface area contributed by atoms with E-state index < -0.39 is 29.5 Å². The summed E-state index contributed by atoms with van der Waals surface area (Å²) in [5.41, 5.74) is 6.13. The molecule has 4 aromatic heterocycles. The van der Waals surface area contributed by atoms with E-state index in [0.29, 0.717) is 85.9 Å². The zero-order chi connectivity index (χ0) is 50.0. The highest BCUT2D eigenvalue weighted by Gasteiger charge is 2.41. The Bertz CT molecular complexity index is 2930. The molecular formula is C47H54F6N14O5S4. The Balaban J connectivity index is 0.000000204. The van der Waals surface area contributed by atoms with E-state index in [-0.39, 0.29) is 95.4 Å². The number of hydrogen-bond acceptors (Lipinski definition) is 17. The number of carbonyl (C=O) groups excluding carboxylic acids is 1. The number of amides is 2. The van der Waals surface area contributed by atoms with Gasteiger partial charge in [0.25, 0.3) is 0 Å². The van der Waals surface area contributed by atoms with Crippen LogP contribution in [-0.2, 0) is 21.8 Å². The first kappa shape index (κ1) is 59.0. The van der Waals surface area contributed by atoms with Crippen LogP contribution in [0.1, 0.15) is 36.8 Å². The highest BCUT2D eigenvalue weighted by Crippen LogP contribution is 2.41. The predicted octanol–water partition coefficient (Wildman–Crippen LogP) is 7.60. The fraction of sp³-hybridized carbons (Fsp3) is 0.383. The van der Waals surface area contributed by atoms with Crippen LogP contribution in [0.25, 0.3) is 22.8 Å². The summed E-state index contributed by atoms with van der Waals surface area (Å²) in [4.78, 5) is 53.1. The lowest BCUT2D eigenvalue weighted by molar-refractivity contribution is -0.138. The molecule has 4 atom stereocenters. The highest BCUT2D eigenvalue weighted by molar-refractivity contribution is 7.59. The lowest BCUT2D eigenvalue weighted by atomic mass is 10.1. The Morgan fingerprint density at radius 1 is 0.671 bits per heavy atom. The maximum Gasteiger partial charge on any atom is 0.416 e. The molecule has 4 saturated heterocycles. The van der Waals surface area contributed by atoms with Crippen LogP contribution in [0, 0.1) is 0 Å². The molecule has 0 unspecified atom stereocenters. The molecule has 2 amide bonds. The monoisotopic (exact) mass is 1140 g/mol. The van der Waals surface area contributed by atoms with Gasteiger partial charge in [-0.1, -0.05) is 24.3 Å². The van der Waals surface area contributed by atoms with Crippen molar-refractivity contribution >= 4 is 94.7 Å². The van der Waals surface area contributed by atoms with Gasteiger partial charge < -0.3 is 39.8 Å². The van der Waals surface area contributed by atoms with Crippen molar-refractivity contribution in [2.75, 3.05) is 83.7 Å². The Hall–Kier alpha value is -6.27. The number of carbonyl (C=O) groups is 1. The topological polar surface area (TPSA) is 217 Å². The number of alkyl halides is 6. The molecule has 29 heteroatoms. The zero-order valence-corrected chi connectivity index (χ0v) is 44.2. The van der Waals surface area contributed by atoms with E-state index in [2.05, 4.69) is 60.3 Å². The van der Waals surface area contributed by atoms with Crippen LogP contribution in [-0.4, -0.2) is 123 Å². The summed E-state index contributed by atoms with van der Waals surface area (Å²) in [6.45, 7) is 5.62. The second-order valence-electron chi connectivity index (χ2n) is 17.4. The van der Waals surface area contributed by atoms with Crippen LogP contribution in [0.2, 0.25) is 0 Å². The van der Waals surface area contributed by atoms with Crippen LogP contribution in [0.15, 0.2) is 85.5 Å². The SMILES string of the molecule is FC(F)(F)c1cccc(-c2ncc3c(n2)N[C@H]2CCN3C2)c1.Nc1ccnc(O[C@H]2CCOC2)n1.O=C(Nc1ccnc(O[C@H]2CCOC2)n1)N1c2nc(-c3cccc(C(F)(F)F)c3)ncc2N2CC[C@H]1C2.S.S.S.S. The Kier molecular flexibility index (Phi) is 19.6. The number of aromatic nitrogens is 8. The first-order valence-electron chi connectivity index (χ1n) is 23.1. The number of halogens is 6. The highest BCUT2D eigenvalue weighted by atomic mass is 32.1. The number of hydrogen-bond donors (Lipinski definition) is 3. The second-order valence-corrected chi connectivity index (χ2v) is 17.4. The Morgan fingerprint density at radius 2 is 1.24 bits per heavy atom. The number of urea groups is 1. The average Bonchev–Trinajstić information content (AvgIpc) is 4.22. The number of benzene rings is 2. The minimum Gasteiger partial charge on any atom is -0.458 e. The predicted molar refractivity (Wildman–Crippen MR) is 291 cm³/mol. The van der Waals surface area contributed by atoms with Crippen molar-refractivity contribution in [1.82, 2.24) is 39.9 Å². The number of ether oxygens (including phenoxy) is 4. The van der Waals surface area contributed by atoms with Crippen molar-refractivity contribution in [3.8, 4) is 34.8 Å². The molecule has 10 heterocycles. The van der Waals surface area contributed by atoms with Gasteiger partial charge in [0.2, 0.25) is 0 Å². The van der Waals surface area contributed by atoms with Crippen LogP contribution in [0.4, 0.5) is 65.8 Å². The molecule has 0 spiro atoms. The average molecular weight is 1140 g/mol. The third-order valence-corrected chi connectivity index (χ3v) is 12.4. The van der Waals surface area contributed by atoms with E-state index >= 15 is 0 Å². The number of nitrogens with two attached hydrogens (primary N) is 1. The minimum absolute atomic E-state index is 0. The quantitative estimate of drug-likeness (QED) is 0.131. The molecule has 0 radical (unpaired) electrons. The summed E-state index contributed by atoms with van der Waals surface area (Å²) in [7, 11) is 0. The normalized spacial score (nSPS) is 19.5. The maximum atomic E-state index is 13.5. The summed E-state index contributed by atoms with van der Waals surface area (Å²) in [5, 5.41) is 6.11. The molecule has 6 aliphatic heterocycles. The fourth-order valence-electron chi connectivity index (χ4n) is 8.88. The van der Waals surface area contributed by atoms with Gasteiger partial charge in [0.1, 0.15) is 23.8 Å². The van der Waals surface area contributed by atoms with Gasteiger partial charge in [-0.15, -0.1) is 0 Å². The molecule has 0 aliphatic carbocycles. The van der Waals surface area contributed by atoms with E-state index in [0.717, 1.165) is 68.9 Å². The van der Waals surface area contributed by atoms with E-state index in [1.165, 1.54) is 29.3 Å². The molecule has 6 aliphatic rings. The molecule has 76 heavy (non-hydrogen) atoms. The minimum atomic E-state index is -4.49. The van der Waals surface area contributed by atoms with Gasteiger partial charge in [0, 0.05) is 68.6 Å². The molecule has 2 aromatic carbocycles. The molecular weight excluding hydrogens is 1080 g/mol. The molecule has 12 rings (SSSR count). The van der Waals surface area contributed by atoms with Crippen molar-refractivity contribution in [2.24, 2.45) is 0 Å². The van der Waals surface area contributed by atoms with Gasteiger partial charge in [-0.05, 0) is 49.2 Å². The van der Waals surface area contributed by atoms with Crippen LogP contribution in [0.5, 0.6) is 12.0 Å². The van der Waals surface area contributed by atoms with Gasteiger partial charge >= 0.3 is 30.4 Å². The van der Waals surface area contributed by atoms with E-state index in [1.54, 1.807) is 36.8 Å². The standard InChI is InChI=1S/C24H22F3N7O3.C15H13F3N4.C8H11N3O2.4H2S/c25-24(26,27)15-3-1-2-14(10-15)20-29-11-18-21(32-20)34(16-5-8-33(18)12-16)23(35)31-19-4-7-28-22(30-19)37-17-6-9-36-13-17;16-15(17,18)10-3-1-2-9(6-10)13-19-7-12-14(21-13)20-11-4-5-22(12)8-11;9-7-1-3-10-8(11-7)13-6-2-4-12-5-6;;;;/h1-4,7,10-11,16-17H,5-6,8-9,12-13H2,(H,28,30,31,35);1-3,6-7,11H,4-5,8H2,(H,19,20,21);1,3,6H,2,4-5H2,(H2,9,10,11);4*1H2/t16-,17-;11-;6-;;;;/m000..../s1. The van der Waals surface area contributed by atoms with Gasteiger partial charge in [0.05, 0.1) is 67.4 Å². The molecule has 4 N–H and O–H groups in total. The van der Waals surface area contributed by atoms with Gasteiger partial charge in [0.15, 0.2) is 23.3 Å². The van der Waals surface area contributed by atoms with Crippen molar-refractivity contribution < 1.29 is 50.1 Å². The van der Waals surface area contributed by atoms with Crippen LogP contribution < -0.4 is 40.5 Å².